The van der Waals surface area contributed by atoms with Gasteiger partial charge in [-0.15, -0.1) is 0 Å². The van der Waals surface area contributed by atoms with Gasteiger partial charge in [-0.25, -0.2) is 4.79 Å². The second kappa shape index (κ2) is 11.3. The van der Waals surface area contributed by atoms with Crippen molar-refractivity contribution < 1.29 is 24.1 Å². The van der Waals surface area contributed by atoms with Crippen LogP contribution in [0.15, 0.2) is 70.1 Å². The number of carbonyl (C=O) groups is 1. The maximum Gasteiger partial charge on any atom is 0.335 e. The first-order chi connectivity index (χ1) is 15.5. The van der Waals surface area contributed by atoms with Gasteiger partial charge in [-0.2, -0.15) is 0 Å². The highest BCUT2D eigenvalue weighted by Crippen LogP contribution is 2.37. The third kappa shape index (κ3) is 6.34. The summed E-state index contributed by atoms with van der Waals surface area (Å²) in [4.78, 5) is 15.5. The molecule has 0 heterocycles. The first-order valence-electron chi connectivity index (χ1n) is 10.2. The Morgan fingerprint density at radius 3 is 2.28 bits per heavy atom. The molecular formula is C25H24BrNO5. The van der Waals surface area contributed by atoms with Crippen LogP contribution in [0.5, 0.6) is 17.2 Å². The van der Waals surface area contributed by atoms with E-state index < -0.39 is 5.97 Å². The average molecular weight is 498 g/mol. The van der Waals surface area contributed by atoms with E-state index in [1.54, 1.807) is 30.5 Å². The number of carboxylic acids is 1. The van der Waals surface area contributed by atoms with E-state index in [0.29, 0.717) is 24.7 Å². The lowest BCUT2D eigenvalue weighted by molar-refractivity contribution is 0.0697. The Morgan fingerprint density at radius 1 is 0.969 bits per heavy atom. The van der Waals surface area contributed by atoms with Crippen molar-refractivity contribution in [2.24, 2.45) is 4.99 Å². The van der Waals surface area contributed by atoms with E-state index in [-0.39, 0.29) is 12.2 Å². The third-order valence-electron chi connectivity index (χ3n) is 4.43. The number of benzene rings is 3. The second-order valence-electron chi connectivity index (χ2n) is 6.74. The zero-order valence-corrected chi connectivity index (χ0v) is 19.5. The standard InChI is InChI=1S/C25H24BrNO5/c1-3-30-21-11-9-20(10-12-21)27-15-18-13-22(26)24(23(14-18)31-4-2)32-16-17-5-7-19(8-6-17)25(28)29/h5-15H,3-4,16H2,1-2H3,(H,28,29). The smallest absolute Gasteiger partial charge is 0.335 e. The maximum atomic E-state index is 11.0. The minimum absolute atomic E-state index is 0.237. The van der Waals surface area contributed by atoms with E-state index in [9.17, 15) is 4.79 Å². The van der Waals surface area contributed by atoms with Gasteiger partial charge >= 0.3 is 5.97 Å². The molecule has 3 aromatic carbocycles. The van der Waals surface area contributed by atoms with Crippen molar-refractivity contribution in [2.45, 2.75) is 20.5 Å². The highest BCUT2D eigenvalue weighted by atomic mass is 79.9. The number of halogens is 1. The summed E-state index contributed by atoms with van der Waals surface area (Å²) in [5.74, 6) is 1.03. The summed E-state index contributed by atoms with van der Waals surface area (Å²) in [5, 5.41) is 9.02. The van der Waals surface area contributed by atoms with Gasteiger partial charge in [0.1, 0.15) is 12.4 Å². The molecular weight excluding hydrogens is 474 g/mol. The normalized spacial score (nSPS) is 10.8. The van der Waals surface area contributed by atoms with Gasteiger partial charge in [0.15, 0.2) is 11.5 Å². The van der Waals surface area contributed by atoms with Gasteiger partial charge in [-0.3, -0.25) is 4.99 Å². The lowest BCUT2D eigenvalue weighted by atomic mass is 10.1. The molecule has 6 nitrogen and oxygen atoms in total. The molecule has 0 bridgehead atoms. The number of aliphatic imine (C=N–C) groups is 1. The number of carboxylic acid groups (broad SMARTS) is 1. The highest BCUT2D eigenvalue weighted by molar-refractivity contribution is 9.10. The number of aromatic carboxylic acids is 1. The summed E-state index contributed by atoms with van der Waals surface area (Å²) in [7, 11) is 0. The summed E-state index contributed by atoms with van der Waals surface area (Å²) in [6.07, 6.45) is 1.76. The fourth-order valence-electron chi connectivity index (χ4n) is 2.91. The van der Waals surface area contributed by atoms with E-state index >= 15 is 0 Å². The number of nitrogens with zero attached hydrogens (tertiary/aromatic N) is 1. The fourth-order valence-corrected chi connectivity index (χ4v) is 3.48. The Kier molecular flexibility index (Phi) is 8.27. The van der Waals surface area contributed by atoms with Crippen LogP contribution in [0.3, 0.4) is 0 Å². The Labute approximate surface area is 195 Å². The summed E-state index contributed by atoms with van der Waals surface area (Å²) in [6, 6.07) is 17.9. The van der Waals surface area contributed by atoms with Crippen LogP contribution in [0.2, 0.25) is 0 Å². The van der Waals surface area contributed by atoms with Crippen LogP contribution in [-0.4, -0.2) is 30.5 Å². The molecule has 0 amide bonds. The first kappa shape index (κ1) is 23.3. The molecule has 1 N–H and O–H groups in total. The lowest BCUT2D eigenvalue weighted by Gasteiger charge is -2.15. The number of rotatable bonds is 10. The monoisotopic (exact) mass is 497 g/mol. The minimum atomic E-state index is -0.957. The van der Waals surface area contributed by atoms with Gasteiger partial charge in [0.05, 0.1) is 28.9 Å². The molecule has 0 aliphatic carbocycles. The molecule has 166 valence electrons. The van der Waals surface area contributed by atoms with E-state index in [4.69, 9.17) is 19.3 Å². The predicted molar refractivity (Wildman–Crippen MR) is 128 cm³/mol. The molecule has 32 heavy (non-hydrogen) atoms. The minimum Gasteiger partial charge on any atom is -0.494 e. The van der Waals surface area contributed by atoms with Crippen LogP contribution < -0.4 is 14.2 Å². The summed E-state index contributed by atoms with van der Waals surface area (Å²) in [5.41, 5.74) is 2.76. The van der Waals surface area contributed by atoms with Crippen molar-refractivity contribution in [2.75, 3.05) is 13.2 Å². The van der Waals surface area contributed by atoms with Crippen LogP contribution in [0.4, 0.5) is 5.69 Å². The highest BCUT2D eigenvalue weighted by Gasteiger charge is 2.12. The Hall–Kier alpha value is -3.32. The van der Waals surface area contributed by atoms with Crippen molar-refractivity contribution in [3.8, 4) is 17.2 Å². The molecule has 0 fully saturated rings. The Morgan fingerprint density at radius 2 is 1.66 bits per heavy atom. The van der Waals surface area contributed by atoms with Gasteiger partial charge in [0.2, 0.25) is 0 Å². The fraction of sp³-hybridized carbons (Fsp3) is 0.200. The van der Waals surface area contributed by atoms with Crippen molar-refractivity contribution in [3.63, 3.8) is 0 Å². The molecule has 0 aliphatic rings. The quantitative estimate of drug-likeness (QED) is 0.333. The Balaban J connectivity index is 1.75. The van der Waals surface area contributed by atoms with Crippen LogP contribution in [-0.2, 0) is 6.61 Å². The van der Waals surface area contributed by atoms with Gasteiger partial charge < -0.3 is 19.3 Å². The molecule has 0 radical (unpaired) electrons. The molecule has 0 saturated heterocycles. The molecule has 0 unspecified atom stereocenters. The molecule has 0 spiro atoms. The topological polar surface area (TPSA) is 77.4 Å². The van der Waals surface area contributed by atoms with Gasteiger partial charge in [0.25, 0.3) is 0 Å². The molecule has 0 aliphatic heterocycles. The van der Waals surface area contributed by atoms with E-state index in [1.165, 1.54) is 0 Å². The van der Waals surface area contributed by atoms with E-state index in [0.717, 1.165) is 27.0 Å². The number of hydrogen-bond donors (Lipinski definition) is 1. The summed E-state index contributed by atoms with van der Waals surface area (Å²) < 4.78 is 18.0. The molecule has 0 aromatic heterocycles. The predicted octanol–water partition coefficient (Wildman–Crippen LogP) is 6.27. The molecule has 0 atom stereocenters. The van der Waals surface area contributed by atoms with Crippen molar-refractivity contribution in [3.05, 3.63) is 81.8 Å². The molecule has 0 saturated carbocycles. The van der Waals surface area contributed by atoms with Crippen LogP contribution in [0, 0.1) is 0 Å². The largest absolute Gasteiger partial charge is 0.494 e. The zero-order valence-electron chi connectivity index (χ0n) is 17.9. The second-order valence-corrected chi connectivity index (χ2v) is 7.59. The van der Waals surface area contributed by atoms with Crippen molar-refractivity contribution >= 4 is 33.8 Å². The SMILES string of the molecule is CCOc1ccc(N=Cc2cc(Br)c(OCc3ccc(C(=O)O)cc3)c(OCC)c2)cc1. The van der Waals surface area contributed by atoms with Crippen molar-refractivity contribution in [1.29, 1.82) is 0 Å². The summed E-state index contributed by atoms with van der Waals surface area (Å²) in [6.45, 7) is 5.23. The van der Waals surface area contributed by atoms with Crippen LogP contribution in [0.25, 0.3) is 0 Å². The van der Waals surface area contributed by atoms with Gasteiger partial charge in [0, 0.05) is 6.21 Å². The van der Waals surface area contributed by atoms with Gasteiger partial charge in [-0.05, 0) is 89.4 Å². The van der Waals surface area contributed by atoms with Gasteiger partial charge in [-0.1, -0.05) is 12.1 Å². The maximum absolute atomic E-state index is 11.0. The summed E-state index contributed by atoms with van der Waals surface area (Å²) >= 11 is 3.56. The molecule has 3 aromatic rings. The Bertz CT molecular complexity index is 1080. The van der Waals surface area contributed by atoms with Crippen LogP contribution in [0.1, 0.15) is 35.3 Å². The van der Waals surface area contributed by atoms with Crippen LogP contribution >= 0.6 is 15.9 Å². The average Bonchev–Trinajstić information content (AvgIpc) is 2.79. The zero-order chi connectivity index (χ0) is 22.9. The first-order valence-corrected chi connectivity index (χ1v) is 11.0. The number of ether oxygens (including phenoxy) is 3. The molecule has 7 heteroatoms. The van der Waals surface area contributed by atoms with Crippen molar-refractivity contribution in [1.82, 2.24) is 0 Å². The van der Waals surface area contributed by atoms with E-state index in [1.807, 2.05) is 50.2 Å². The number of hydrogen-bond acceptors (Lipinski definition) is 5. The van der Waals surface area contributed by atoms with E-state index in [2.05, 4.69) is 20.9 Å². The third-order valence-corrected chi connectivity index (χ3v) is 5.02. The lowest BCUT2D eigenvalue weighted by Crippen LogP contribution is -2.02. The molecule has 3 rings (SSSR count).